The lowest BCUT2D eigenvalue weighted by molar-refractivity contribution is 0.102. The Morgan fingerprint density at radius 2 is 1.07 bits per heavy atom. The zero-order valence-corrected chi connectivity index (χ0v) is 13.7. The Hall–Kier alpha value is -4.00. The van der Waals surface area contributed by atoms with Crippen LogP contribution >= 0.6 is 0 Å². The molecule has 0 atom stereocenters. The number of ketones is 2. The Kier molecular flexibility index (Phi) is 4.43. The summed E-state index contributed by atoms with van der Waals surface area (Å²) < 4.78 is 0. The molecule has 0 radical (unpaired) electrons. The zero-order valence-electron chi connectivity index (χ0n) is 13.7. The van der Waals surface area contributed by atoms with Crippen LogP contribution in [0.4, 0.5) is 0 Å². The smallest absolute Gasteiger partial charge is 0.204 e. The number of hydrogen-bond acceptors (Lipinski definition) is 7. The summed E-state index contributed by atoms with van der Waals surface area (Å²) in [5.74, 6) is -6.65. The Morgan fingerprint density at radius 3 is 1.67 bits per heavy atom. The van der Waals surface area contributed by atoms with Crippen molar-refractivity contribution in [1.29, 1.82) is 0 Å². The highest BCUT2D eigenvalue weighted by molar-refractivity contribution is 6.19. The third-order valence-electron chi connectivity index (χ3n) is 4.03. The number of hydrogen-bond donors (Lipinski definition) is 5. The van der Waals surface area contributed by atoms with Gasteiger partial charge in [-0.2, -0.15) is 0 Å². The Balaban J connectivity index is 2.25. The van der Waals surface area contributed by atoms with Gasteiger partial charge in [0.15, 0.2) is 11.5 Å². The van der Waals surface area contributed by atoms with Crippen molar-refractivity contribution >= 4 is 11.6 Å². The molecule has 0 aromatic heterocycles. The Bertz CT molecular complexity index is 1060. The van der Waals surface area contributed by atoms with Crippen LogP contribution < -0.4 is 0 Å². The van der Waals surface area contributed by atoms with Crippen LogP contribution in [0.5, 0.6) is 28.7 Å². The van der Waals surface area contributed by atoms with Gasteiger partial charge >= 0.3 is 0 Å². The fourth-order valence-corrected chi connectivity index (χ4v) is 2.66. The highest BCUT2D eigenvalue weighted by Crippen LogP contribution is 2.48. The summed E-state index contributed by atoms with van der Waals surface area (Å²) in [6.45, 7) is 0. The molecule has 0 saturated carbocycles. The van der Waals surface area contributed by atoms with E-state index in [9.17, 15) is 35.1 Å². The second-order valence-electron chi connectivity index (χ2n) is 5.69. The van der Waals surface area contributed by atoms with Gasteiger partial charge in [0.05, 0.1) is 5.56 Å². The van der Waals surface area contributed by atoms with E-state index in [-0.39, 0.29) is 11.1 Å². The van der Waals surface area contributed by atoms with Crippen LogP contribution in [-0.2, 0) is 0 Å². The topological polar surface area (TPSA) is 135 Å². The lowest BCUT2D eigenvalue weighted by Crippen LogP contribution is -2.08. The minimum Gasteiger partial charge on any atom is -0.507 e. The van der Waals surface area contributed by atoms with Crippen molar-refractivity contribution in [2.75, 3.05) is 0 Å². The van der Waals surface area contributed by atoms with Crippen LogP contribution in [0.3, 0.4) is 0 Å². The van der Waals surface area contributed by atoms with Crippen LogP contribution in [0.15, 0.2) is 54.6 Å². The summed E-state index contributed by atoms with van der Waals surface area (Å²) >= 11 is 0. The maximum Gasteiger partial charge on any atom is 0.204 e. The van der Waals surface area contributed by atoms with Crippen LogP contribution in [0.1, 0.15) is 31.8 Å². The molecule has 136 valence electrons. The average Bonchev–Trinajstić information content (AvgIpc) is 2.67. The second-order valence-corrected chi connectivity index (χ2v) is 5.69. The number of carbonyl (C=O) groups is 2. The number of para-hydroxylation sites is 1. The van der Waals surface area contributed by atoms with E-state index < -0.39 is 51.4 Å². The van der Waals surface area contributed by atoms with Crippen LogP contribution in [0.25, 0.3) is 0 Å². The molecular weight excluding hydrogens is 352 g/mol. The van der Waals surface area contributed by atoms with E-state index in [1.807, 2.05) is 0 Å². The molecule has 0 unspecified atom stereocenters. The van der Waals surface area contributed by atoms with Crippen LogP contribution in [0.2, 0.25) is 0 Å². The first-order valence-electron chi connectivity index (χ1n) is 7.76. The lowest BCUT2D eigenvalue weighted by atomic mass is 9.93. The van der Waals surface area contributed by atoms with Crippen molar-refractivity contribution in [1.82, 2.24) is 0 Å². The number of aromatic hydroxyl groups is 5. The molecule has 0 amide bonds. The van der Waals surface area contributed by atoms with E-state index in [0.717, 1.165) is 0 Å². The molecule has 0 heterocycles. The minimum absolute atomic E-state index is 0.0779. The van der Waals surface area contributed by atoms with Crippen molar-refractivity contribution in [3.8, 4) is 28.7 Å². The first kappa shape index (κ1) is 17.8. The van der Waals surface area contributed by atoms with Crippen molar-refractivity contribution < 1.29 is 35.1 Å². The molecule has 7 heteroatoms. The average molecular weight is 366 g/mol. The van der Waals surface area contributed by atoms with Gasteiger partial charge in [0.1, 0.15) is 22.6 Å². The molecule has 0 saturated heterocycles. The van der Waals surface area contributed by atoms with E-state index >= 15 is 0 Å². The van der Waals surface area contributed by atoms with Crippen LogP contribution in [0, 0.1) is 0 Å². The molecule has 5 N–H and O–H groups in total. The molecule has 3 rings (SSSR count). The van der Waals surface area contributed by atoms with Crippen molar-refractivity contribution in [3.05, 3.63) is 76.9 Å². The summed E-state index contributed by atoms with van der Waals surface area (Å²) in [6.07, 6.45) is 0. The number of carbonyl (C=O) groups excluding carboxylic acids is 2. The molecule has 0 aliphatic carbocycles. The third-order valence-corrected chi connectivity index (χ3v) is 4.03. The van der Waals surface area contributed by atoms with Gasteiger partial charge in [-0.15, -0.1) is 0 Å². The van der Waals surface area contributed by atoms with Gasteiger partial charge in [0.2, 0.25) is 17.3 Å². The molecule has 0 aliphatic rings. The molecule has 3 aromatic carbocycles. The van der Waals surface area contributed by atoms with Gasteiger partial charge < -0.3 is 25.5 Å². The third kappa shape index (κ3) is 2.91. The maximum absolute atomic E-state index is 12.7. The van der Waals surface area contributed by atoms with Gasteiger partial charge in [0.25, 0.3) is 0 Å². The van der Waals surface area contributed by atoms with Crippen LogP contribution in [-0.4, -0.2) is 37.1 Å². The Labute approximate surface area is 153 Å². The number of benzene rings is 3. The molecule has 27 heavy (non-hydrogen) atoms. The fraction of sp³-hybridized carbons (Fsp3) is 0. The zero-order chi connectivity index (χ0) is 19.7. The monoisotopic (exact) mass is 366 g/mol. The van der Waals surface area contributed by atoms with Crippen molar-refractivity contribution in [2.24, 2.45) is 0 Å². The second kappa shape index (κ2) is 6.72. The predicted molar refractivity (Wildman–Crippen MR) is 94.5 cm³/mol. The summed E-state index contributed by atoms with van der Waals surface area (Å²) in [6, 6.07) is 12.9. The van der Waals surface area contributed by atoms with Gasteiger partial charge in [-0.1, -0.05) is 42.5 Å². The first-order valence-corrected chi connectivity index (χ1v) is 7.76. The van der Waals surface area contributed by atoms with Gasteiger partial charge in [-0.05, 0) is 12.1 Å². The molecule has 0 fully saturated rings. The highest BCUT2D eigenvalue weighted by atomic mass is 16.3. The van der Waals surface area contributed by atoms with E-state index in [1.165, 1.54) is 36.4 Å². The highest BCUT2D eigenvalue weighted by Gasteiger charge is 2.32. The fourth-order valence-electron chi connectivity index (χ4n) is 2.66. The van der Waals surface area contributed by atoms with E-state index in [1.54, 1.807) is 18.2 Å². The largest absolute Gasteiger partial charge is 0.507 e. The van der Waals surface area contributed by atoms with Gasteiger partial charge in [0, 0.05) is 5.56 Å². The number of phenols is 5. The minimum atomic E-state index is -1.13. The van der Waals surface area contributed by atoms with E-state index in [2.05, 4.69) is 0 Å². The van der Waals surface area contributed by atoms with Crippen molar-refractivity contribution in [3.63, 3.8) is 0 Å². The number of rotatable bonds is 4. The van der Waals surface area contributed by atoms with Gasteiger partial charge in [-0.3, -0.25) is 9.59 Å². The van der Waals surface area contributed by atoms with Crippen molar-refractivity contribution in [2.45, 2.75) is 0 Å². The summed E-state index contributed by atoms with van der Waals surface area (Å²) in [5, 5.41) is 50.4. The maximum atomic E-state index is 12.7. The first-order chi connectivity index (χ1) is 12.8. The van der Waals surface area contributed by atoms with Gasteiger partial charge in [-0.25, -0.2) is 0 Å². The summed E-state index contributed by atoms with van der Waals surface area (Å²) in [5.41, 5.74) is -1.75. The van der Waals surface area contributed by atoms with E-state index in [4.69, 9.17) is 0 Å². The molecule has 3 aromatic rings. The quantitative estimate of drug-likeness (QED) is 0.272. The summed E-state index contributed by atoms with van der Waals surface area (Å²) in [4.78, 5) is 25.4. The summed E-state index contributed by atoms with van der Waals surface area (Å²) in [7, 11) is 0. The van der Waals surface area contributed by atoms with E-state index in [0.29, 0.717) is 0 Å². The molecule has 7 nitrogen and oxygen atoms in total. The lowest BCUT2D eigenvalue weighted by Gasteiger charge is -2.15. The predicted octanol–water partition coefficient (Wildman–Crippen LogP) is 2.68. The molecule has 0 aliphatic heterocycles. The molecule has 0 spiro atoms. The normalized spacial score (nSPS) is 10.5. The molecule has 0 bridgehead atoms. The SMILES string of the molecule is O=C(c1ccccc1)c1c(O)c(O)c(O)c(C(=O)c2ccccc2O)c1O. The molecular formula is C20H14O7. The Morgan fingerprint density at radius 1 is 0.556 bits per heavy atom. The standard InChI is InChI=1S/C20H14O7/c21-12-9-5-4-8-11(12)16(23)14-17(24)13(18(25)20(27)19(14)26)15(22)10-6-2-1-3-7-10/h1-9,21,24-27H. The number of phenolic OH excluding ortho intramolecular Hbond substituents is 5.